The second kappa shape index (κ2) is 53.4. The molecule has 0 aromatic heterocycles. The lowest BCUT2D eigenvalue weighted by Crippen LogP contribution is -2.28. The fraction of sp³-hybridized carbons (Fsp3) is 0.593. The van der Waals surface area contributed by atoms with Gasteiger partial charge in [-0.05, 0) is 109 Å². The van der Waals surface area contributed by atoms with E-state index in [1.165, 1.54) is 51.4 Å². The Balaban J connectivity index is 3.63. The molecular formula is C59H94O5. The van der Waals surface area contributed by atoms with Gasteiger partial charge in [0.1, 0.15) is 6.61 Å². The molecule has 5 heteroatoms. The van der Waals surface area contributed by atoms with Gasteiger partial charge in [-0.2, -0.15) is 0 Å². The molecule has 0 aromatic carbocycles. The molecule has 0 rings (SSSR count). The van der Waals surface area contributed by atoms with Crippen LogP contribution in [0.25, 0.3) is 0 Å². The zero-order valence-corrected chi connectivity index (χ0v) is 41.0. The van der Waals surface area contributed by atoms with Crippen LogP contribution in [0.2, 0.25) is 0 Å². The maximum atomic E-state index is 12.3. The van der Waals surface area contributed by atoms with Crippen molar-refractivity contribution < 1.29 is 24.2 Å². The van der Waals surface area contributed by atoms with Gasteiger partial charge in [0.05, 0.1) is 6.61 Å². The summed E-state index contributed by atoms with van der Waals surface area (Å²) in [5, 5.41) is 9.63. The minimum absolute atomic E-state index is 0.0852. The smallest absolute Gasteiger partial charge is 0.306 e. The summed E-state index contributed by atoms with van der Waals surface area (Å²) in [6.07, 6.45) is 79.6. The second-order valence-electron chi connectivity index (χ2n) is 16.5. The summed E-state index contributed by atoms with van der Waals surface area (Å²) in [7, 11) is 0. The number of carbonyl (C=O) groups is 2. The third-order valence-corrected chi connectivity index (χ3v) is 10.4. The Labute approximate surface area is 394 Å². The molecule has 0 amide bonds. The van der Waals surface area contributed by atoms with E-state index in [0.717, 1.165) is 128 Å². The van der Waals surface area contributed by atoms with Crippen LogP contribution >= 0.6 is 0 Å². The van der Waals surface area contributed by atoms with Crippen molar-refractivity contribution in [2.75, 3.05) is 13.2 Å². The summed E-state index contributed by atoms with van der Waals surface area (Å²) in [5.41, 5.74) is 0. The Morgan fingerprint density at radius 1 is 0.359 bits per heavy atom. The Hall–Kier alpha value is -3.96. The van der Waals surface area contributed by atoms with Crippen LogP contribution < -0.4 is 0 Å². The number of aliphatic hydroxyl groups is 1. The van der Waals surface area contributed by atoms with E-state index in [4.69, 9.17) is 9.47 Å². The Morgan fingerprint density at radius 3 is 0.938 bits per heavy atom. The first-order valence-electron chi connectivity index (χ1n) is 25.7. The number of esters is 2. The van der Waals surface area contributed by atoms with Crippen LogP contribution in [-0.2, 0) is 19.1 Å². The van der Waals surface area contributed by atoms with Gasteiger partial charge in [-0.3, -0.25) is 9.59 Å². The number of ether oxygens (including phenoxy) is 2. The van der Waals surface area contributed by atoms with E-state index in [1.807, 2.05) is 0 Å². The molecule has 5 nitrogen and oxygen atoms in total. The van der Waals surface area contributed by atoms with Gasteiger partial charge in [-0.15, -0.1) is 0 Å². The topological polar surface area (TPSA) is 72.8 Å². The van der Waals surface area contributed by atoms with Crippen LogP contribution in [0.5, 0.6) is 0 Å². The highest BCUT2D eigenvalue weighted by Gasteiger charge is 2.16. The highest BCUT2D eigenvalue weighted by Crippen LogP contribution is 2.14. The molecule has 0 saturated heterocycles. The highest BCUT2D eigenvalue weighted by atomic mass is 16.6. The highest BCUT2D eigenvalue weighted by molar-refractivity contribution is 5.70. The number of rotatable bonds is 45. The van der Waals surface area contributed by atoms with Crippen LogP contribution in [-0.4, -0.2) is 36.4 Å². The largest absolute Gasteiger partial charge is 0.462 e. The molecule has 0 spiro atoms. The van der Waals surface area contributed by atoms with E-state index in [2.05, 4.69) is 148 Å². The molecule has 360 valence electrons. The van der Waals surface area contributed by atoms with Crippen molar-refractivity contribution in [1.82, 2.24) is 0 Å². The van der Waals surface area contributed by atoms with Crippen LogP contribution in [0.1, 0.15) is 206 Å². The number of carbonyl (C=O) groups excluding carboxylic acids is 2. The maximum absolute atomic E-state index is 12.3. The third kappa shape index (κ3) is 50.7. The van der Waals surface area contributed by atoms with Crippen molar-refractivity contribution in [2.24, 2.45) is 0 Å². The van der Waals surface area contributed by atoms with E-state index in [9.17, 15) is 14.7 Å². The molecule has 0 aromatic rings. The van der Waals surface area contributed by atoms with Crippen LogP contribution in [0, 0.1) is 0 Å². The molecule has 0 heterocycles. The van der Waals surface area contributed by atoms with E-state index in [-0.39, 0.29) is 25.2 Å². The second-order valence-corrected chi connectivity index (χ2v) is 16.5. The van der Waals surface area contributed by atoms with Crippen molar-refractivity contribution in [3.8, 4) is 0 Å². The Morgan fingerprint density at radius 2 is 0.625 bits per heavy atom. The van der Waals surface area contributed by atoms with E-state index < -0.39 is 6.10 Å². The summed E-state index contributed by atoms with van der Waals surface area (Å²) < 4.78 is 10.7. The number of hydrogen-bond acceptors (Lipinski definition) is 5. The van der Waals surface area contributed by atoms with Crippen LogP contribution in [0.15, 0.2) is 134 Å². The molecule has 0 aliphatic heterocycles. The van der Waals surface area contributed by atoms with Gasteiger partial charge in [0.2, 0.25) is 0 Å². The van der Waals surface area contributed by atoms with Gasteiger partial charge < -0.3 is 14.6 Å². The quantitative estimate of drug-likeness (QED) is 0.0375. The number of allylic oxidation sites excluding steroid dienone is 22. The Kier molecular flexibility index (Phi) is 50.1. The van der Waals surface area contributed by atoms with E-state index in [0.29, 0.717) is 12.8 Å². The summed E-state index contributed by atoms with van der Waals surface area (Å²) in [4.78, 5) is 24.5. The van der Waals surface area contributed by atoms with E-state index in [1.54, 1.807) is 0 Å². The van der Waals surface area contributed by atoms with Crippen molar-refractivity contribution in [3.05, 3.63) is 134 Å². The number of hydrogen-bond donors (Lipinski definition) is 1. The summed E-state index contributed by atoms with van der Waals surface area (Å²) in [5.74, 6) is -0.627. The van der Waals surface area contributed by atoms with Crippen LogP contribution in [0.3, 0.4) is 0 Å². The zero-order valence-electron chi connectivity index (χ0n) is 41.0. The van der Waals surface area contributed by atoms with Crippen LogP contribution in [0.4, 0.5) is 0 Å². The first-order chi connectivity index (χ1) is 31.6. The monoisotopic (exact) mass is 883 g/mol. The first-order valence-corrected chi connectivity index (χ1v) is 25.7. The molecule has 0 fully saturated rings. The lowest BCUT2D eigenvalue weighted by atomic mass is 10.1. The maximum Gasteiger partial charge on any atom is 0.306 e. The predicted molar refractivity (Wildman–Crippen MR) is 278 cm³/mol. The lowest BCUT2D eigenvalue weighted by molar-refractivity contribution is -0.161. The molecule has 0 aliphatic rings. The minimum Gasteiger partial charge on any atom is -0.462 e. The Bertz CT molecular complexity index is 1370. The molecule has 1 unspecified atom stereocenters. The molecule has 0 saturated carbocycles. The van der Waals surface area contributed by atoms with Gasteiger partial charge in [-0.1, -0.05) is 218 Å². The minimum atomic E-state index is -0.795. The summed E-state index contributed by atoms with van der Waals surface area (Å²) >= 11 is 0. The molecule has 0 bridgehead atoms. The normalized spacial score (nSPS) is 13.4. The van der Waals surface area contributed by atoms with Gasteiger partial charge in [0.15, 0.2) is 6.10 Å². The molecular weight excluding hydrogens is 789 g/mol. The van der Waals surface area contributed by atoms with Crippen molar-refractivity contribution >= 4 is 11.9 Å². The van der Waals surface area contributed by atoms with Gasteiger partial charge in [-0.25, -0.2) is 0 Å². The van der Waals surface area contributed by atoms with Crippen molar-refractivity contribution in [1.29, 1.82) is 0 Å². The van der Waals surface area contributed by atoms with Gasteiger partial charge in [0, 0.05) is 12.8 Å². The lowest BCUT2D eigenvalue weighted by Gasteiger charge is -2.15. The average molecular weight is 883 g/mol. The number of aliphatic hydroxyl groups excluding tert-OH is 1. The first kappa shape index (κ1) is 60.0. The molecule has 1 atom stereocenters. The van der Waals surface area contributed by atoms with Gasteiger partial charge in [0.25, 0.3) is 0 Å². The fourth-order valence-electron chi connectivity index (χ4n) is 6.64. The average Bonchev–Trinajstić information content (AvgIpc) is 3.30. The SMILES string of the molecule is CC/C=C\C/C=C\C/C=C\C/C=C\C/C=C\C/C=C\C/C=C\CCCCCCCC(=O)OC(CO)COC(=O)CCCCCCCCCCCC/C=C\C/C=C\C/C=C\C/C=C\CC. The molecule has 0 radical (unpaired) electrons. The van der Waals surface area contributed by atoms with E-state index >= 15 is 0 Å². The van der Waals surface area contributed by atoms with Crippen molar-refractivity contribution in [2.45, 2.75) is 213 Å². The standard InChI is InChI=1S/C59H94O5/c1-3-5-7-9-11-13-15-17-19-21-23-25-27-28-29-30-32-34-36-38-40-42-44-46-48-50-52-54-59(62)64-57(55-60)56-63-58(61)53-51-49-47-45-43-41-39-37-35-33-31-26-24-22-20-18-16-14-12-10-8-6-4-2/h5-8,11-14,17-20,23-26,28-29,32,34,38,40,57,60H,3-4,9-10,15-16,21-22,27,30-31,33,35-37,39,41-56H2,1-2H3/b7-5-,8-6-,13-11-,14-12-,19-17-,20-18-,25-23-,26-24-,29-28-,34-32-,40-38-. The third-order valence-electron chi connectivity index (χ3n) is 10.4. The van der Waals surface area contributed by atoms with Crippen molar-refractivity contribution in [3.63, 3.8) is 0 Å². The van der Waals surface area contributed by atoms with Gasteiger partial charge >= 0.3 is 11.9 Å². The zero-order chi connectivity index (χ0) is 46.3. The molecule has 1 N–H and O–H groups in total. The molecule has 64 heavy (non-hydrogen) atoms. The summed E-state index contributed by atoms with van der Waals surface area (Å²) in [6.45, 7) is 3.89. The predicted octanol–water partition coefficient (Wildman–Crippen LogP) is 17.3. The summed E-state index contributed by atoms with van der Waals surface area (Å²) in [6, 6.07) is 0. The molecule has 0 aliphatic carbocycles. The number of unbranched alkanes of at least 4 members (excludes halogenated alkanes) is 15. The fourth-order valence-corrected chi connectivity index (χ4v) is 6.64.